The third kappa shape index (κ3) is 4.43. The zero-order valence-corrected chi connectivity index (χ0v) is 19.7. The van der Waals surface area contributed by atoms with Crippen molar-refractivity contribution in [3.8, 4) is 5.75 Å². The Morgan fingerprint density at radius 2 is 1.94 bits per heavy atom. The monoisotopic (exact) mass is 484 g/mol. The molecule has 0 radical (unpaired) electrons. The van der Waals surface area contributed by atoms with E-state index in [-0.39, 0.29) is 0 Å². The molecule has 0 N–H and O–H groups in total. The number of carbonyl (C=O) groups is 1. The fourth-order valence-corrected chi connectivity index (χ4v) is 4.68. The molecule has 0 saturated carbocycles. The molecule has 8 heteroatoms. The van der Waals surface area contributed by atoms with Gasteiger partial charge in [0.1, 0.15) is 23.0 Å². The van der Waals surface area contributed by atoms with Crippen molar-refractivity contribution in [1.29, 1.82) is 0 Å². The van der Waals surface area contributed by atoms with Crippen LogP contribution < -0.4 is 10.4 Å². The van der Waals surface area contributed by atoms with E-state index in [1.54, 1.807) is 42.5 Å². The molecule has 0 spiro atoms. The van der Waals surface area contributed by atoms with Crippen LogP contribution in [0.2, 0.25) is 5.02 Å². The van der Waals surface area contributed by atoms with Crippen LogP contribution in [0.3, 0.4) is 0 Å². The predicted molar refractivity (Wildman–Crippen MR) is 125 cm³/mol. The van der Waals surface area contributed by atoms with E-state index in [0.717, 1.165) is 19.3 Å². The minimum absolute atomic E-state index is 0.294. The molecule has 3 unspecified atom stereocenters. The van der Waals surface area contributed by atoms with E-state index in [4.69, 9.17) is 35.0 Å². The molecule has 1 fully saturated rings. The Hall–Kier alpha value is -2.87. The Bertz CT molecular complexity index is 1280. The molecule has 2 aliphatic heterocycles. The number of benzene rings is 2. The second-order valence-electron chi connectivity index (χ2n) is 9.04. The summed E-state index contributed by atoms with van der Waals surface area (Å²) in [6.45, 7) is 4.34. The number of esters is 1. The topological polar surface area (TPSA) is 84.2 Å². The number of ether oxygens (including phenoxy) is 4. The highest BCUT2D eigenvalue weighted by Crippen LogP contribution is 2.47. The molecule has 3 heterocycles. The first-order valence-corrected chi connectivity index (χ1v) is 11.7. The fourth-order valence-electron chi connectivity index (χ4n) is 4.49. The Labute approximate surface area is 201 Å². The van der Waals surface area contributed by atoms with Crippen LogP contribution in [0.1, 0.15) is 55.1 Å². The van der Waals surface area contributed by atoms with Gasteiger partial charge in [0.2, 0.25) is 0 Å². The van der Waals surface area contributed by atoms with Gasteiger partial charge < -0.3 is 23.4 Å². The number of halogens is 1. The number of carbonyl (C=O) groups excluding carboxylic acids is 1. The van der Waals surface area contributed by atoms with Crippen LogP contribution in [-0.2, 0) is 14.2 Å². The molecular formula is C26H25ClO7. The van der Waals surface area contributed by atoms with Crippen LogP contribution in [0.4, 0.5) is 0 Å². The second-order valence-corrected chi connectivity index (χ2v) is 9.48. The number of rotatable bonds is 4. The summed E-state index contributed by atoms with van der Waals surface area (Å²) in [4.78, 5) is 25.3. The molecule has 0 bridgehead atoms. The summed E-state index contributed by atoms with van der Waals surface area (Å²) in [7, 11) is 0. The average Bonchev–Trinajstić information content (AvgIpc) is 2.81. The van der Waals surface area contributed by atoms with Crippen LogP contribution in [0.5, 0.6) is 5.75 Å². The number of fused-ring (bicyclic) bond motifs is 3. The highest BCUT2D eigenvalue weighted by Gasteiger charge is 2.49. The lowest BCUT2D eigenvalue weighted by Crippen LogP contribution is -2.53. The lowest BCUT2D eigenvalue weighted by molar-refractivity contribution is -0.245. The van der Waals surface area contributed by atoms with Gasteiger partial charge in [0.25, 0.3) is 0 Å². The molecule has 1 aromatic heterocycles. The van der Waals surface area contributed by atoms with E-state index in [9.17, 15) is 9.59 Å². The van der Waals surface area contributed by atoms with E-state index >= 15 is 0 Å². The molecule has 2 aliphatic rings. The SMILES string of the molecule is CC1(C)Oc2ccc3ccc(=O)oc3c2C(OC(=O)c2cccc(Cl)c2)C1OC1CCCCO1. The minimum Gasteiger partial charge on any atom is -0.484 e. The van der Waals surface area contributed by atoms with Gasteiger partial charge in [-0.15, -0.1) is 0 Å². The Balaban J connectivity index is 1.62. The maximum Gasteiger partial charge on any atom is 0.338 e. The summed E-state index contributed by atoms with van der Waals surface area (Å²) in [6.07, 6.45) is 0.542. The predicted octanol–water partition coefficient (Wildman–Crippen LogP) is 5.43. The lowest BCUT2D eigenvalue weighted by atomic mass is 9.87. The molecule has 2 aromatic carbocycles. The van der Waals surface area contributed by atoms with Crippen molar-refractivity contribution in [2.45, 2.75) is 57.2 Å². The summed E-state index contributed by atoms with van der Waals surface area (Å²) in [6, 6.07) is 13.1. The second kappa shape index (κ2) is 9.06. The summed E-state index contributed by atoms with van der Waals surface area (Å²) in [5, 5.41) is 1.10. The van der Waals surface area contributed by atoms with E-state index in [1.807, 2.05) is 13.8 Å². The average molecular weight is 485 g/mol. The van der Waals surface area contributed by atoms with Crippen molar-refractivity contribution in [2.75, 3.05) is 6.61 Å². The largest absolute Gasteiger partial charge is 0.484 e. The molecular weight excluding hydrogens is 460 g/mol. The van der Waals surface area contributed by atoms with Gasteiger partial charge in [-0.3, -0.25) is 0 Å². The highest BCUT2D eigenvalue weighted by atomic mass is 35.5. The molecule has 3 aromatic rings. The van der Waals surface area contributed by atoms with E-state index < -0.39 is 35.7 Å². The maximum atomic E-state index is 13.2. The fraction of sp³-hybridized carbons (Fsp3) is 0.385. The van der Waals surface area contributed by atoms with Crippen LogP contribution in [-0.4, -0.2) is 30.6 Å². The van der Waals surface area contributed by atoms with Crippen LogP contribution >= 0.6 is 11.6 Å². The van der Waals surface area contributed by atoms with Crippen LogP contribution in [0.15, 0.2) is 57.7 Å². The van der Waals surface area contributed by atoms with Gasteiger partial charge in [-0.05, 0) is 69.5 Å². The quantitative estimate of drug-likeness (QED) is 0.360. The van der Waals surface area contributed by atoms with Crippen molar-refractivity contribution in [2.24, 2.45) is 0 Å². The molecule has 0 amide bonds. The zero-order chi connectivity index (χ0) is 23.9. The third-order valence-electron chi connectivity index (χ3n) is 6.14. The summed E-state index contributed by atoms with van der Waals surface area (Å²) in [5.41, 5.74) is -0.352. The first kappa shape index (κ1) is 22.9. The van der Waals surface area contributed by atoms with Crippen molar-refractivity contribution < 1.29 is 28.2 Å². The molecule has 0 aliphatic carbocycles. The molecule has 34 heavy (non-hydrogen) atoms. The van der Waals surface area contributed by atoms with E-state index in [1.165, 1.54) is 6.07 Å². The van der Waals surface area contributed by atoms with E-state index in [0.29, 0.717) is 39.5 Å². The van der Waals surface area contributed by atoms with Gasteiger partial charge in [-0.2, -0.15) is 0 Å². The summed E-state index contributed by atoms with van der Waals surface area (Å²) >= 11 is 6.09. The maximum absolute atomic E-state index is 13.2. The minimum atomic E-state index is -0.926. The van der Waals surface area contributed by atoms with Crippen molar-refractivity contribution in [3.63, 3.8) is 0 Å². The van der Waals surface area contributed by atoms with Gasteiger partial charge >= 0.3 is 11.6 Å². The van der Waals surface area contributed by atoms with Crippen molar-refractivity contribution in [3.05, 3.63) is 75.1 Å². The molecule has 5 rings (SSSR count). The summed E-state index contributed by atoms with van der Waals surface area (Å²) in [5.74, 6) is -0.121. The molecule has 7 nitrogen and oxygen atoms in total. The van der Waals surface area contributed by atoms with Crippen molar-refractivity contribution in [1.82, 2.24) is 0 Å². The first-order chi connectivity index (χ1) is 16.3. The van der Waals surface area contributed by atoms with Gasteiger partial charge in [0.15, 0.2) is 12.4 Å². The van der Waals surface area contributed by atoms with Gasteiger partial charge in [0.05, 0.1) is 11.1 Å². The Morgan fingerprint density at radius 3 is 2.71 bits per heavy atom. The highest BCUT2D eigenvalue weighted by molar-refractivity contribution is 6.30. The molecule has 1 saturated heterocycles. The smallest absolute Gasteiger partial charge is 0.338 e. The van der Waals surface area contributed by atoms with Crippen LogP contribution in [0, 0.1) is 0 Å². The molecule has 178 valence electrons. The zero-order valence-electron chi connectivity index (χ0n) is 18.9. The first-order valence-electron chi connectivity index (χ1n) is 11.3. The van der Waals surface area contributed by atoms with Crippen molar-refractivity contribution >= 4 is 28.5 Å². The van der Waals surface area contributed by atoms with Gasteiger partial charge in [-0.25, -0.2) is 9.59 Å². The number of hydrogen-bond donors (Lipinski definition) is 0. The normalized spacial score (nSPS) is 23.7. The Morgan fingerprint density at radius 1 is 1.12 bits per heavy atom. The lowest BCUT2D eigenvalue weighted by Gasteiger charge is -2.45. The number of hydrogen-bond acceptors (Lipinski definition) is 7. The van der Waals surface area contributed by atoms with Gasteiger partial charge in [0, 0.05) is 23.1 Å². The van der Waals surface area contributed by atoms with Crippen LogP contribution in [0.25, 0.3) is 11.0 Å². The van der Waals surface area contributed by atoms with Gasteiger partial charge in [-0.1, -0.05) is 17.7 Å². The summed E-state index contributed by atoms with van der Waals surface area (Å²) < 4.78 is 30.1. The Kier molecular flexibility index (Phi) is 6.10. The third-order valence-corrected chi connectivity index (χ3v) is 6.37. The molecule has 3 atom stereocenters. The van der Waals surface area contributed by atoms with E-state index in [2.05, 4.69) is 0 Å². The standard InChI is InChI=1S/C26H25ClO7/c1-26(2)24(32-20-8-3-4-13-30-20)23(33-25(29)16-6-5-7-17(27)14-16)21-18(34-26)11-9-15-10-12-19(28)31-22(15)21/h5-7,9-12,14,20,23-24H,3-4,8,13H2,1-2H3.